The summed E-state index contributed by atoms with van der Waals surface area (Å²) in [6.07, 6.45) is 2.70. The monoisotopic (exact) mass is 446 g/mol. The van der Waals surface area contributed by atoms with Crippen LogP contribution in [0.5, 0.6) is 0 Å². The molecule has 10 heteroatoms. The Morgan fingerprint density at radius 3 is 2.66 bits per heavy atom. The van der Waals surface area contributed by atoms with Gasteiger partial charge in [-0.1, -0.05) is 30.3 Å². The molecular weight excluding hydrogens is 416 g/mol. The molecule has 0 amide bonds. The van der Waals surface area contributed by atoms with Gasteiger partial charge in [-0.05, 0) is 31.2 Å². The normalized spacial score (nSPS) is 20.1. The maximum atomic E-state index is 12.3. The van der Waals surface area contributed by atoms with E-state index in [-0.39, 0.29) is 19.6 Å². The maximum Gasteiger partial charge on any atom is 0.314 e. The molecular formula is C22H30N4O6. The number of benzene rings is 1. The summed E-state index contributed by atoms with van der Waals surface area (Å²) in [5.74, 6) is 0.205. The molecule has 2 atom stereocenters. The van der Waals surface area contributed by atoms with Gasteiger partial charge in [-0.2, -0.15) is 0 Å². The Hall–Kier alpha value is -3.24. The summed E-state index contributed by atoms with van der Waals surface area (Å²) < 4.78 is 0. The van der Waals surface area contributed by atoms with Gasteiger partial charge in [0.25, 0.3) is 6.47 Å². The molecule has 0 radical (unpaired) electrons. The fourth-order valence-corrected chi connectivity index (χ4v) is 3.89. The van der Waals surface area contributed by atoms with Crippen LogP contribution in [0.15, 0.2) is 42.7 Å². The molecule has 0 aliphatic carbocycles. The first-order valence-corrected chi connectivity index (χ1v) is 10.4. The van der Waals surface area contributed by atoms with Crippen LogP contribution in [0.2, 0.25) is 0 Å². The van der Waals surface area contributed by atoms with Gasteiger partial charge < -0.3 is 30.6 Å². The van der Waals surface area contributed by atoms with Gasteiger partial charge in [-0.15, -0.1) is 0 Å². The Bertz CT molecular complexity index is 853. The van der Waals surface area contributed by atoms with E-state index in [2.05, 4.69) is 15.3 Å². The summed E-state index contributed by atoms with van der Waals surface area (Å²) in [4.78, 5) is 30.9. The highest BCUT2D eigenvalue weighted by atomic mass is 16.4. The zero-order valence-electron chi connectivity index (χ0n) is 17.8. The zero-order valence-corrected chi connectivity index (χ0v) is 17.8. The topological polar surface area (TPSA) is 156 Å². The number of rotatable bonds is 9. The van der Waals surface area contributed by atoms with E-state index in [9.17, 15) is 15.0 Å². The standard InChI is InChI=1S/C21H28N4O4.CH2O2/c26-12-10-22-18-13-19(24-15-23-18)25-11-8-17(27)21(14-25,20(28)29)9-4-7-16-5-2-1-3-6-16;2-1-3/h1-3,5-6,13,15,17,26-27H,4,7-12,14H2,(H,28,29)(H,22,23,24);1H,(H,2,3)/t17-,21-;/m1./s1. The third kappa shape index (κ3) is 6.63. The molecule has 2 aromatic rings. The van der Waals surface area contributed by atoms with Gasteiger partial charge in [0.05, 0.1) is 12.7 Å². The van der Waals surface area contributed by atoms with Crippen LogP contribution in [0.4, 0.5) is 11.6 Å². The predicted octanol–water partition coefficient (Wildman–Crippen LogP) is 1.25. The smallest absolute Gasteiger partial charge is 0.314 e. The summed E-state index contributed by atoms with van der Waals surface area (Å²) in [5, 5.41) is 39.5. The van der Waals surface area contributed by atoms with Crippen molar-refractivity contribution in [1.82, 2.24) is 9.97 Å². The largest absolute Gasteiger partial charge is 0.483 e. The highest BCUT2D eigenvalue weighted by Crippen LogP contribution is 2.37. The Morgan fingerprint density at radius 1 is 1.28 bits per heavy atom. The van der Waals surface area contributed by atoms with Crippen LogP contribution in [0.25, 0.3) is 0 Å². The van der Waals surface area contributed by atoms with E-state index in [4.69, 9.17) is 15.0 Å². The SMILES string of the molecule is O=C(O)[C@]1(CCCc2ccccc2)CN(c2cc(NCCO)ncn2)CC[C@H]1O.O=CO. The van der Waals surface area contributed by atoms with Crippen LogP contribution >= 0.6 is 0 Å². The van der Waals surface area contributed by atoms with E-state index in [0.29, 0.717) is 44.0 Å². The molecule has 0 spiro atoms. The number of piperidine rings is 1. The van der Waals surface area contributed by atoms with Crippen LogP contribution in [-0.2, 0) is 16.0 Å². The van der Waals surface area contributed by atoms with Gasteiger partial charge >= 0.3 is 5.97 Å². The lowest BCUT2D eigenvalue weighted by Gasteiger charge is -2.44. The van der Waals surface area contributed by atoms with Crippen molar-refractivity contribution >= 4 is 24.1 Å². The molecule has 0 bridgehead atoms. The highest BCUT2D eigenvalue weighted by Gasteiger charge is 2.49. The molecule has 3 rings (SSSR count). The van der Waals surface area contributed by atoms with E-state index in [1.54, 1.807) is 6.07 Å². The fraction of sp³-hybridized carbons (Fsp3) is 0.455. The van der Waals surface area contributed by atoms with E-state index in [1.165, 1.54) is 6.33 Å². The van der Waals surface area contributed by atoms with E-state index < -0.39 is 17.5 Å². The molecule has 1 aliphatic rings. The van der Waals surface area contributed by atoms with Crippen molar-refractivity contribution in [3.8, 4) is 0 Å². The van der Waals surface area contributed by atoms with Crippen LogP contribution in [0, 0.1) is 5.41 Å². The minimum atomic E-state index is -1.24. The van der Waals surface area contributed by atoms with Gasteiger partial charge in [0.15, 0.2) is 0 Å². The Balaban J connectivity index is 0.00000114. The predicted molar refractivity (Wildman–Crippen MR) is 119 cm³/mol. The number of nitrogens with one attached hydrogen (secondary N) is 1. The number of hydrogen-bond donors (Lipinski definition) is 5. The van der Waals surface area contributed by atoms with Gasteiger partial charge in [0, 0.05) is 25.7 Å². The summed E-state index contributed by atoms with van der Waals surface area (Å²) in [6, 6.07) is 11.7. The minimum absolute atomic E-state index is 0.0151. The molecule has 1 aromatic carbocycles. The van der Waals surface area contributed by atoms with Crippen molar-refractivity contribution in [1.29, 1.82) is 0 Å². The van der Waals surface area contributed by atoms with E-state index in [1.807, 2.05) is 35.2 Å². The third-order valence-corrected chi connectivity index (χ3v) is 5.53. The third-order valence-electron chi connectivity index (χ3n) is 5.53. The lowest BCUT2D eigenvalue weighted by molar-refractivity contribution is -0.158. The fourth-order valence-electron chi connectivity index (χ4n) is 3.89. The van der Waals surface area contributed by atoms with Crippen molar-refractivity contribution in [2.75, 3.05) is 36.5 Å². The second kappa shape index (κ2) is 12.6. The first kappa shape index (κ1) is 25.0. The number of aliphatic carboxylic acids is 1. The lowest BCUT2D eigenvalue weighted by Crippen LogP contribution is -2.56. The van der Waals surface area contributed by atoms with Crippen molar-refractivity contribution < 1.29 is 30.0 Å². The van der Waals surface area contributed by atoms with Crippen LogP contribution in [0.1, 0.15) is 24.8 Å². The van der Waals surface area contributed by atoms with Gasteiger partial charge in [-0.25, -0.2) is 9.97 Å². The molecule has 1 fully saturated rings. The van der Waals surface area contributed by atoms with Crippen LogP contribution in [0.3, 0.4) is 0 Å². The van der Waals surface area contributed by atoms with Gasteiger partial charge in [-0.3, -0.25) is 9.59 Å². The average Bonchev–Trinajstić information content (AvgIpc) is 2.80. The Morgan fingerprint density at radius 2 is 2.00 bits per heavy atom. The van der Waals surface area contributed by atoms with Crippen LogP contribution in [-0.4, -0.2) is 75.2 Å². The first-order valence-electron chi connectivity index (χ1n) is 10.4. The number of carboxylic acid groups (broad SMARTS) is 2. The highest BCUT2D eigenvalue weighted by molar-refractivity contribution is 5.77. The molecule has 5 N–H and O–H groups in total. The summed E-state index contributed by atoms with van der Waals surface area (Å²) in [6.45, 7) is 0.812. The number of hydrogen-bond acceptors (Lipinski definition) is 8. The molecule has 0 unspecified atom stereocenters. The zero-order chi connectivity index (χ0) is 23.4. The van der Waals surface area contributed by atoms with E-state index in [0.717, 1.165) is 12.0 Å². The Labute approximate surface area is 186 Å². The molecule has 1 aliphatic heterocycles. The second-order valence-corrected chi connectivity index (χ2v) is 7.54. The van der Waals surface area contributed by atoms with Crippen molar-refractivity contribution in [3.63, 3.8) is 0 Å². The number of aromatic nitrogens is 2. The average molecular weight is 447 g/mol. The maximum absolute atomic E-state index is 12.3. The first-order chi connectivity index (χ1) is 15.5. The minimum Gasteiger partial charge on any atom is -0.483 e. The summed E-state index contributed by atoms with van der Waals surface area (Å²) in [5.41, 5.74) is -0.0815. The van der Waals surface area contributed by atoms with Gasteiger partial charge in [0.2, 0.25) is 0 Å². The number of aryl methyl sites for hydroxylation is 1. The Kier molecular flexibility index (Phi) is 9.83. The summed E-state index contributed by atoms with van der Waals surface area (Å²) in [7, 11) is 0. The molecule has 1 saturated heterocycles. The molecule has 32 heavy (non-hydrogen) atoms. The van der Waals surface area contributed by atoms with Crippen molar-refractivity contribution in [2.45, 2.75) is 31.8 Å². The molecule has 0 saturated carbocycles. The number of carbonyl (C=O) groups is 2. The van der Waals surface area contributed by atoms with Gasteiger partial charge in [0.1, 0.15) is 23.4 Å². The number of aliphatic hydroxyl groups is 2. The number of carboxylic acids is 1. The number of nitrogens with zero attached hydrogens (tertiary/aromatic N) is 3. The quantitative estimate of drug-likeness (QED) is 0.355. The lowest BCUT2D eigenvalue weighted by atomic mass is 9.73. The van der Waals surface area contributed by atoms with Crippen molar-refractivity contribution in [2.24, 2.45) is 5.41 Å². The molecule has 2 heterocycles. The number of anilines is 2. The van der Waals surface area contributed by atoms with Crippen LogP contribution < -0.4 is 10.2 Å². The number of aliphatic hydroxyl groups excluding tert-OH is 2. The summed E-state index contributed by atoms with van der Waals surface area (Å²) >= 11 is 0. The second-order valence-electron chi connectivity index (χ2n) is 7.54. The van der Waals surface area contributed by atoms with E-state index >= 15 is 0 Å². The molecule has 1 aromatic heterocycles. The molecule has 10 nitrogen and oxygen atoms in total. The van der Waals surface area contributed by atoms with Crippen molar-refractivity contribution in [3.05, 3.63) is 48.3 Å². The molecule has 174 valence electrons.